The third kappa shape index (κ3) is 2.91. The number of hydrogen-bond donors (Lipinski definition) is 1. The van der Waals surface area contributed by atoms with Crippen molar-refractivity contribution in [3.8, 4) is 0 Å². The highest BCUT2D eigenvalue weighted by molar-refractivity contribution is 7.99. The Bertz CT molecular complexity index is 220. The van der Waals surface area contributed by atoms with E-state index in [1.165, 1.54) is 0 Å². The zero-order valence-corrected chi connectivity index (χ0v) is 8.69. The van der Waals surface area contributed by atoms with Crippen molar-refractivity contribution in [1.29, 1.82) is 0 Å². The lowest BCUT2D eigenvalue weighted by atomic mass is 10.3. The Morgan fingerprint density at radius 1 is 1.62 bits per heavy atom. The molecule has 0 bridgehead atoms. The topological polar surface area (TPSA) is 49.4 Å². The molecule has 5 heteroatoms. The van der Waals surface area contributed by atoms with Gasteiger partial charge in [-0.1, -0.05) is 6.92 Å². The van der Waals surface area contributed by atoms with Gasteiger partial charge in [0.15, 0.2) is 0 Å². The molecule has 13 heavy (non-hydrogen) atoms. The fourth-order valence-electron chi connectivity index (χ4n) is 1.16. The van der Waals surface area contributed by atoms with E-state index in [2.05, 4.69) is 12.2 Å². The molecule has 0 aromatic heterocycles. The SMILES string of the molecule is CSC(C)CN1CCC(=O)NC1=O. The van der Waals surface area contributed by atoms with E-state index in [0.717, 1.165) is 0 Å². The Hall–Kier alpha value is -0.710. The number of nitrogens with zero attached hydrogens (tertiary/aromatic N) is 1. The second kappa shape index (κ2) is 4.50. The number of rotatable bonds is 3. The maximum atomic E-state index is 11.2. The van der Waals surface area contributed by atoms with Gasteiger partial charge >= 0.3 is 6.03 Å². The smallest absolute Gasteiger partial charge is 0.323 e. The minimum atomic E-state index is -0.253. The van der Waals surface area contributed by atoms with Gasteiger partial charge in [0.05, 0.1) is 0 Å². The highest BCUT2D eigenvalue weighted by atomic mass is 32.2. The summed E-state index contributed by atoms with van der Waals surface area (Å²) in [5.74, 6) is -0.168. The van der Waals surface area contributed by atoms with Gasteiger partial charge in [0, 0.05) is 24.8 Å². The summed E-state index contributed by atoms with van der Waals surface area (Å²) in [6.45, 7) is 3.32. The zero-order chi connectivity index (χ0) is 9.84. The Kier molecular flexibility index (Phi) is 3.59. The summed E-state index contributed by atoms with van der Waals surface area (Å²) in [4.78, 5) is 23.7. The normalized spacial score (nSPS) is 20.0. The van der Waals surface area contributed by atoms with Crippen molar-refractivity contribution in [1.82, 2.24) is 10.2 Å². The van der Waals surface area contributed by atoms with Gasteiger partial charge in [0.25, 0.3) is 0 Å². The van der Waals surface area contributed by atoms with Gasteiger partial charge in [0.2, 0.25) is 5.91 Å². The molecule has 1 heterocycles. The first-order valence-electron chi connectivity index (χ1n) is 4.25. The van der Waals surface area contributed by atoms with Crippen LogP contribution in [-0.2, 0) is 4.79 Å². The van der Waals surface area contributed by atoms with Crippen LogP contribution in [0.25, 0.3) is 0 Å². The molecule has 0 saturated carbocycles. The van der Waals surface area contributed by atoms with E-state index >= 15 is 0 Å². The van der Waals surface area contributed by atoms with Gasteiger partial charge in [-0.3, -0.25) is 10.1 Å². The minimum Gasteiger partial charge on any atom is -0.323 e. The monoisotopic (exact) mass is 202 g/mol. The molecular formula is C8H14N2O2S. The van der Waals surface area contributed by atoms with Gasteiger partial charge in [-0.25, -0.2) is 4.79 Å². The maximum absolute atomic E-state index is 11.2. The summed E-state index contributed by atoms with van der Waals surface area (Å²) in [7, 11) is 0. The summed E-state index contributed by atoms with van der Waals surface area (Å²) in [6, 6.07) is -0.253. The highest BCUT2D eigenvalue weighted by Gasteiger charge is 2.23. The molecule has 1 N–H and O–H groups in total. The van der Waals surface area contributed by atoms with Crippen LogP contribution in [0.1, 0.15) is 13.3 Å². The second-order valence-corrected chi connectivity index (χ2v) is 4.37. The molecule has 0 aliphatic carbocycles. The number of hydrogen-bond acceptors (Lipinski definition) is 3. The molecule has 0 aromatic carbocycles. The molecule has 3 amide bonds. The molecule has 0 radical (unpaired) electrons. The average molecular weight is 202 g/mol. The van der Waals surface area contributed by atoms with Crippen molar-refractivity contribution < 1.29 is 9.59 Å². The number of urea groups is 1. The fraction of sp³-hybridized carbons (Fsp3) is 0.750. The van der Waals surface area contributed by atoms with Crippen LogP contribution in [0.5, 0.6) is 0 Å². The standard InChI is InChI=1S/C8H14N2O2S/c1-6(13-2)5-10-4-3-7(11)9-8(10)12/h6H,3-5H2,1-2H3,(H,9,11,12). The van der Waals surface area contributed by atoms with Crippen LogP contribution in [0.4, 0.5) is 4.79 Å². The Labute approximate surface area is 82.0 Å². The number of thioether (sulfide) groups is 1. The van der Waals surface area contributed by atoms with E-state index in [1.54, 1.807) is 16.7 Å². The van der Waals surface area contributed by atoms with Crippen molar-refractivity contribution in [2.75, 3.05) is 19.3 Å². The van der Waals surface area contributed by atoms with E-state index in [1.807, 2.05) is 6.26 Å². The van der Waals surface area contributed by atoms with Gasteiger partial charge < -0.3 is 4.90 Å². The molecule has 1 aliphatic heterocycles. The molecule has 1 unspecified atom stereocenters. The molecule has 1 rings (SSSR count). The molecule has 1 atom stereocenters. The second-order valence-electron chi connectivity index (χ2n) is 3.10. The van der Waals surface area contributed by atoms with Crippen LogP contribution in [0, 0.1) is 0 Å². The van der Waals surface area contributed by atoms with Crippen LogP contribution < -0.4 is 5.32 Å². The summed E-state index contributed by atoms with van der Waals surface area (Å²) >= 11 is 1.71. The van der Waals surface area contributed by atoms with Crippen LogP contribution in [-0.4, -0.2) is 41.4 Å². The Morgan fingerprint density at radius 2 is 2.31 bits per heavy atom. The molecule has 1 aliphatic rings. The number of imide groups is 1. The molecule has 1 fully saturated rings. The molecule has 1 saturated heterocycles. The highest BCUT2D eigenvalue weighted by Crippen LogP contribution is 2.09. The number of carbonyl (C=O) groups excluding carboxylic acids is 2. The first-order chi connectivity index (χ1) is 6.13. The Balaban J connectivity index is 2.42. The summed E-state index contributed by atoms with van der Waals surface area (Å²) in [5, 5.41) is 2.71. The predicted octanol–water partition coefficient (Wildman–Crippen LogP) is 0.680. The van der Waals surface area contributed by atoms with E-state index in [-0.39, 0.29) is 11.9 Å². The summed E-state index contributed by atoms with van der Waals surface area (Å²) < 4.78 is 0. The third-order valence-corrected chi connectivity index (χ3v) is 2.98. The lowest BCUT2D eigenvalue weighted by molar-refractivity contribution is -0.121. The van der Waals surface area contributed by atoms with Crippen LogP contribution in [0.3, 0.4) is 0 Å². The fourth-order valence-corrected chi connectivity index (χ4v) is 1.49. The lowest BCUT2D eigenvalue weighted by Crippen LogP contribution is -2.50. The van der Waals surface area contributed by atoms with Crippen LogP contribution in [0.15, 0.2) is 0 Å². The van der Waals surface area contributed by atoms with E-state index in [9.17, 15) is 9.59 Å². The molecular weight excluding hydrogens is 188 g/mol. The predicted molar refractivity (Wildman–Crippen MR) is 52.7 cm³/mol. The van der Waals surface area contributed by atoms with Crippen molar-refractivity contribution in [2.45, 2.75) is 18.6 Å². The number of amides is 3. The number of nitrogens with one attached hydrogen (secondary N) is 1. The molecule has 74 valence electrons. The first-order valence-corrected chi connectivity index (χ1v) is 5.54. The van der Waals surface area contributed by atoms with Crippen molar-refractivity contribution in [2.24, 2.45) is 0 Å². The van der Waals surface area contributed by atoms with Gasteiger partial charge in [-0.2, -0.15) is 11.8 Å². The van der Waals surface area contributed by atoms with Gasteiger partial charge in [-0.15, -0.1) is 0 Å². The van der Waals surface area contributed by atoms with Gasteiger partial charge in [0.1, 0.15) is 0 Å². The summed E-state index contributed by atoms with van der Waals surface area (Å²) in [5.41, 5.74) is 0. The summed E-state index contributed by atoms with van der Waals surface area (Å²) in [6.07, 6.45) is 2.44. The van der Waals surface area contributed by atoms with Crippen molar-refractivity contribution in [3.05, 3.63) is 0 Å². The minimum absolute atomic E-state index is 0.168. The lowest BCUT2D eigenvalue weighted by Gasteiger charge is -2.28. The first kappa shape index (κ1) is 10.4. The largest absolute Gasteiger partial charge is 0.324 e. The Morgan fingerprint density at radius 3 is 2.85 bits per heavy atom. The van der Waals surface area contributed by atoms with Crippen LogP contribution >= 0.6 is 11.8 Å². The van der Waals surface area contributed by atoms with Gasteiger partial charge in [-0.05, 0) is 6.26 Å². The van der Waals surface area contributed by atoms with Crippen molar-refractivity contribution in [3.63, 3.8) is 0 Å². The number of carbonyl (C=O) groups is 2. The third-order valence-electron chi connectivity index (χ3n) is 2.02. The molecule has 0 spiro atoms. The van der Waals surface area contributed by atoms with E-state index in [4.69, 9.17) is 0 Å². The average Bonchev–Trinajstić information content (AvgIpc) is 2.09. The molecule has 0 aromatic rings. The maximum Gasteiger partial charge on any atom is 0.324 e. The molecule has 4 nitrogen and oxygen atoms in total. The zero-order valence-electron chi connectivity index (χ0n) is 7.87. The quantitative estimate of drug-likeness (QED) is 0.732. The van der Waals surface area contributed by atoms with Crippen LogP contribution in [0.2, 0.25) is 0 Å². The van der Waals surface area contributed by atoms with Crippen molar-refractivity contribution >= 4 is 23.7 Å². The van der Waals surface area contributed by atoms with E-state index < -0.39 is 0 Å². The van der Waals surface area contributed by atoms with E-state index in [0.29, 0.717) is 24.8 Å².